The van der Waals surface area contributed by atoms with E-state index in [2.05, 4.69) is 4.98 Å². The largest absolute Gasteiger partial charge is 0.481 e. The quantitative estimate of drug-likeness (QED) is 0.924. The van der Waals surface area contributed by atoms with Gasteiger partial charge in [0.1, 0.15) is 17.0 Å². The molecule has 1 aliphatic rings. The maximum atomic E-state index is 13.8. The Labute approximate surface area is 126 Å². The van der Waals surface area contributed by atoms with Gasteiger partial charge in [0.05, 0.1) is 5.92 Å². The summed E-state index contributed by atoms with van der Waals surface area (Å²) in [5, 5.41) is 9.71. The maximum absolute atomic E-state index is 13.8. The molecule has 0 bridgehead atoms. The number of carbonyl (C=O) groups excluding carboxylic acids is 1. The highest BCUT2D eigenvalue weighted by Crippen LogP contribution is 2.20. The molecule has 1 aromatic heterocycles. The van der Waals surface area contributed by atoms with Crippen LogP contribution in [0.5, 0.6) is 0 Å². The van der Waals surface area contributed by atoms with Crippen molar-refractivity contribution >= 4 is 22.8 Å². The normalized spacial score (nSPS) is 18.4. The van der Waals surface area contributed by atoms with E-state index in [1.165, 1.54) is 11.0 Å². The zero-order chi connectivity index (χ0) is 15.7. The highest BCUT2D eigenvalue weighted by Gasteiger charge is 2.29. The van der Waals surface area contributed by atoms with E-state index in [1.807, 2.05) is 0 Å². The summed E-state index contributed by atoms with van der Waals surface area (Å²) in [7, 11) is 0. The second-order valence-electron chi connectivity index (χ2n) is 5.44. The van der Waals surface area contributed by atoms with E-state index in [1.54, 1.807) is 24.3 Å². The minimum Gasteiger partial charge on any atom is -0.481 e. The number of benzene rings is 1. The van der Waals surface area contributed by atoms with Crippen LogP contribution in [0, 0.1) is 11.7 Å². The van der Waals surface area contributed by atoms with Crippen LogP contribution in [-0.4, -0.2) is 40.0 Å². The first-order valence-corrected chi connectivity index (χ1v) is 7.13. The van der Waals surface area contributed by atoms with Gasteiger partial charge in [-0.1, -0.05) is 18.2 Å². The molecule has 2 heterocycles. The summed E-state index contributed by atoms with van der Waals surface area (Å²) in [6.07, 6.45) is 1.21. The van der Waals surface area contributed by atoms with Gasteiger partial charge in [-0.25, -0.2) is 9.37 Å². The number of carboxylic acids is 1. The Morgan fingerprint density at radius 3 is 2.86 bits per heavy atom. The first-order valence-electron chi connectivity index (χ1n) is 7.13. The SMILES string of the molecule is O=C(O)[C@H]1CCCN(C(=O)c2ccc3cccc(F)c3n2)C1. The number of amides is 1. The van der Waals surface area contributed by atoms with Gasteiger partial charge in [-0.3, -0.25) is 9.59 Å². The Balaban J connectivity index is 1.88. The third kappa shape index (κ3) is 2.64. The van der Waals surface area contributed by atoms with Crippen LogP contribution in [0.2, 0.25) is 0 Å². The van der Waals surface area contributed by atoms with Crippen molar-refractivity contribution in [2.45, 2.75) is 12.8 Å². The first kappa shape index (κ1) is 14.4. The molecule has 0 radical (unpaired) electrons. The fourth-order valence-corrected chi connectivity index (χ4v) is 2.76. The van der Waals surface area contributed by atoms with Crippen LogP contribution >= 0.6 is 0 Å². The molecule has 22 heavy (non-hydrogen) atoms. The van der Waals surface area contributed by atoms with Crippen LogP contribution in [-0.2, 0) is 4.79 Å². The van der Waals surface area contributed by atoms with E-state index in [0.29, 0.717) is 24.8 Å². The third-order valence-corrected chi connectivity index (χ3v) is 3.95. The Morgan fingerprint density at radius 1 is 1.27 bits per heavy atom. The second-order valence-corrected chi connectivity index (χ2v) is 5.44. The fourth-order valence-electron chi connectivity index (χ4n) is 2.76. The highest BCUT2D eigenvalue weighted by molar-refractivity contribution is 5.95. The van der Waals surface area contributed by atoms with Gasteiger partial charge in [-0.05, 0) is 25.0 Å². The molecule has 0 spiro atoms. The average molecular weight is 302 g/mol. The summed E-state index contributed by atoms with van der Waals surface area (Å²) in [6.45, 7) is 0.671. The van der Waals surface area contributed by atoms with Crippen molar-refractivity contribution in [3.05, 3.63) is 41.8 Å². The number of rotatable bonds is 2. The lowest BCUT2D eigenvalue weighted by Crippen LogP contribution is -2.42. The lowest BCUT2D eigenvalue weighted by molar-refractivity contribution is -0.143. The van der Waals surface area contributed by atoms with E-state index in [0.717, 1.165) is 0 Å². The molecule has 1 saturated heterocycles. The van der Waals surface area contributed by atoms with Crippen molar-refractivity contribution in [1.29, 1.82) is 0 Å². The highest BCUT2D eigenvalue weighted by atomic mass is 19.1. The number of aliphatic carboxylic acids is 1. The number of hydrogen-bond acceptors (Lipinski definition) is 3. The number of nitrogens with zero attached hydrogens (tertiary/aromatic N) is 2. The molecule has 0 unspecified atom stereocenters. The Hall–Kier alpha value is -2.50. The molecule has 6 heteroatoms. The summed E-state index contributed by atoms with van der Waals surface area (Å²) >= 11 is 0. The number of carbonyl (C=O) groups is 2. The second kappa shape index (κ2) is 5.71. The number of fused-ring (bicyclic) bond motifs is 1. The van der Waals surface area contributed by atoms with Gasteiger partial charge < -0.3 is 10.0 Å². The summed E-state index contributed by atoms with van der Waals surface area (Å²) in [5.41, 5.74) is 0.295. The summed E-state index contributed by atoms with van der Waals surface area (Å²) in [6, 6.07) is 7.81. The molecule has 2 aromatic rings. The number of halogens is 1. The zero-order valence-electron chi connectivity index (χ0n) is 11.8. The molecule has 3 rings (SSSR count). The van der Waals surface area contributed by atoms with Crippen LogP contribution in [0.25, 0.3) is 10.9 Å². The van der Waals surface area contributed by atoms with E-state index in [-0.39, 0.29) is 23.7 Å². The molecule has 1 amide bonds. The zero-order valence-corrected chi connectivity index (χ0v) is 11.8. The first-order chi connectivity index (χ1) is 10.6. The van der Waals surface area contributed by atoms with Crippen molar-refractivity contribution < 1.29 is 19.1 Å². The van der Waals surface area contributed by atoms with Gasteiger partial charge in [0.2, 0.25) is 0 Å². The molecule has 5 nitrogen and oxygen atoms in total. The number of likely N-dealkylation sites (tertiary alicyclic amines) is 1. The van der Waals surface area contributed by atoms with Gasteiger partial charge in [0, 0.05) is 18.5 Å². The van der Waals surface area contributed by atoms with Crippen LogP contribution in [0.15, 0.2) is 30.3 Å². The fraction of sp³-hybridized carbons (Fsp3) is 0.312. The molecule has 114 valence electrons. The molecule has 0 aliphatic carbocycles. The third-order valence-electron chi connectivity index (χ3n) is 3.95. The lowest BCUT2D eigenvalue weighted by atomic mass is 9.98. The smallest absolute Gasteiger partial charge is 0.308 e. The van der Waals surface area contributed by atoms with Gasteiger partial charge in [0.25, 0.3) is 5.91 Å². The topological polar surface area (TPSA) is 70.5 Å². The number of aromatic nitrogens is 1. The molecule has 1 fully saturated rings. The van der Waals surface area contributed by atoms with E-state index < -0.39 is 17.7 Å². The standard InChI is InChI=1S/C16H15FN2O3/c17-12-5-1-3-10-6-7-13(18-14(10)12)15(20)19-8-2-4-11(9-19)16(21)22/h1,3,5-7,11H,2,4,8-9H2,(H,21,22)/t11-/m0/s1. The maximum Gasteiger partial charge on any atom is 0.308 e. The summed E-state index contributed by atoms with van der Waals surface area (Å²) in [5.74, 6) is -2.27. The van der Waals surface area contributed by atoms with Gasteiger partial charge in [0.15, 0.2) is 0 Å². The van der Waals surface area contributed by atoms with Gasteiger partial charge >= 0.3 is 5.97 Å². The van der Waals surface area contributed by atoms with E-state index >= 15 is 0 Å². The Kier molecular flexibility index (Phi) is 3.75. The summed E-state index contributed by atoms with van der Waals surface area (Å²) in [4.78, 5) is 29.1. The molecular weight excluding hydrogens is 287 g/mol. The van der Waals surface area contributed by atoms with E-state index in [9.17, 15) is 14.0 Å². The predicted molar refractivity (Wildman–Crippen MR) is 78.0 cm³/mol. The monoisotopic (exact) mass is 302 g/mol. The number of para-hydroxylation sites is 1. The average Bonchev–Trinajstić information content (AvgIpc) is 2.54. The minimum atomic E-state index is -0.894. The molecular formula is C16H15FN2O3. The number of piperidine rings is 1. The van der Waals surface area contributed by atoms with Crippen molar-refractivity contribution in [1.82, 2.24) is 9.88 Å². The van der Waals surface area contributed by atoms with Crippen LogP contribution in [0.1, 0.15) is 23.3 Å². The lowest BCUT2D eigenvalue weighted by Gasteiger charge is -2.30. The van der Waals surface area contributed by atoms with E-state index in [4.69, 9.17) is 5.11 Å². The molecule has 1 aromatic carbocycles. The van der Waals surface area contributed by atoms with Crippen molar-refractivity contribution in [3.63, 3.8) is 0 Å². The predicted octanol–water partition coefficient (Wildman–Crippen LogP) is 2.31. The van der Waals surface area contributed by atoms with Crippen molar-refractivity contribution in [2.75, 3.05) is 13.1 Å². The molecule has 1 aliphatic heterocycles. The van der Waals surface area contributed by atoms with Crippen LogP contribution in [0.3, 0.4) is 0 Å². The molecule has 1 N–H and O–H groups in total. The van der Waals surface area contributed by atoms with Crippen LogP contribution in [0.4, 0.5) is 4.39 Å². The summed E-state index contributed by atoms with van der Waals surface area (Å²) < 4.78 is 13.8. The Morgan fingerprint density at radius 2 is 2.09 bits per heavy atom. The van der Waals surface area contributed by atoms with Gasteiger partial charge in [-0.15, -0.1) is 0 Å². The molecule has 0 saturated carbocycles. The Bertz CT molecular complexity index is 747. The number of pyridine rings is 1. The number of carboxylic acid groups (broad SMARTS) is 1. The van der Waals surface area contributed by atoms with Crippen LogP contribution < -0.4 is 0 Å². The van der Waals surface area contributed by atoms with Crippen molar-refractivity contribution in [3.8, 4) is 0 Å². The van der Waals surface area contributed by atoms with Gasteiger partial charge in [-0.2, -0.15) is 0 Å². The van der Waals surface area contributed by atoms with Crippen molar-refractivity contribution in [2.24, 2.45) is 5.92 Å². The minimum absolute atomic E-state index is 0.142. The molecule has 1 atom stereocenters. The number of hydrogen-bond donors (Lipinski definition) is 1.